The third-order valence-corrected chi connectivity index (χ3v) is 3.98. The number of aromatic nitrogens is 7. The van der Waals surface area contributed by atoms with E-state index in [4.69, 9.17) is 0 Å². The highest BCUT2D eigenvalue weighted by molar-refractivity contribution is 6.06. The second-order valence-electron chi connectivity index (χ2n) is 6.17. The van der Waals surface area contributed by atoms with Crippen LogP contribution in [0.4, 0.5) is 17.3 Å². The van der Waals surface area contributed by atoms with Gasteiger partial charge < -0.3 is 10.6 Å². The lowest BCUT2D eigenvalue weighted by molar-refractivity contribution is 0.102. The molecule has 144 valence electrons. The Morgan fingerprint density at radius 1 is 1.07 bits per heavy atom. The summed E-state index contributed by atoms with van der Waals surface area (Å²) in [5.74, 6) is 0.388. The molecule has 0 aliphatic carbocycles. The third kappa shape index (κ3) is 4.05. The van der Waals surface area contributed by atoms with Gasteiger partial charge in [-0.3, -0.25) is 14.5 Å². The fraction of sp³-hybridized carbons (Fsp3) is 0.105. The average molecular weight is 387 g/mol. The maximum Gasteiger partial charge on any atom is 0.279 e. The number of carbonyl (C=O) groups excluding carboxylic acids is 1. The summed E-state index contributed by atoms with van der Waals surface area (Å²) in [6, 6.07) is 7.31. The summed E-state index contributed by atoms with van der Waals surface area (Å²) in [7, 11) is 1.74. The van der Waals surface area contributed by atoms with E-state index in [9.17, 15) is 4.79 Å². The SMILES string of the molecule is Cc1cnc(Nc2cncnc2)c(C(=O)Nc2cc(-c3ccccn3)nn2C)n1. The molecule has 0 saturated carbocycles. The van der Waals surface area contributed by atoms with Gasteiger partial charge in [-0.25, -0.2) is 19.9 Å². The zero-order valence-electron chi connectivity index (χ0n) is 15.7. The quantitative estimate of drug-likeness (QED) is 0.535. The largest absolute Gasteiger partial charge is 0.336 e. The van der Waals surface area contributed by atoms with E-state index in [-0.39, 0.29) is 5.69 Å². The molecule has 0 radical (unpaired) electrons. The summed E-state index contributed by atoms with van der Waals surface area (Å²) in [6.45, 7) is 1.77. The number of nitrogens with one attached hydrogen (secondary N) is 2. The molecule has 1 amide bonds. The molecule has 4 rings (SSSR count). The van der Waals surface area contributed by atoms with Crippen LogP contribution in [-0.4, -0.2) is 40.6 Å². The lowest BCUT2D eigenvalue weighted by Gasteiger charge is -2.11. The number of aryl methyl sites for hydroxylation is 2. The Bertz CT molecular complexity index is 1140. The van der Waals surface area contributed by atoms with Crippen molar-refractivity contribution in [3.63, 3.8) is 0 Å². The van der Waals surface area contributed by atoms with Gasteiger partial charge in [0.2, 0.25) is 0 Å². The van der Waals surface area contributed by atoms with Gasteiger partial charge in [0.1, 0.15) is 17.8 Å². The normalized spacial score (nSPS) is 10.6. The van der Waals surface area contributed by atoms with E-state index in [2.05, 4.69) is 40.7 Å². The van der Waals surface area contributed by atoms with Crippen LogP contribution in [0.1, 0.15) is 16.2 Å². The number of hydrogen-bond acceptors (Lipinski definition) is 8. The molecule has 0 atom stereocenters. The minimum absolute atomic E-state index is 0.148. The van der Waals surface area contributed by atoms with Crippen LogP contribution in [-0.2, 0) is 7.05 Å². The predicted molar refractivity (Wildman–Crippen MR) is 106 cm³/mol. The highest BCUT2D eigenvalue weighted by Crippen LogP contribution is 2.21. The molecule has 29 heavy (non-hydrogen) atoms. The van der Waals surface area contributed by atoms with Crippen molar-refractivity contribution in [2.24, 2.45) is 7.05 Å². The minimum atomic E-state index is -0.420. The van der Waals surface area contributed by atoms with Crippen molar-refractivity contribution in [1.82, 2.24) is 34.7 Å². The molecule has 0 aromatic carbocycles. The number of rotatable bonds is 5. The lowest BCUT2D eigenvalue weighted by Crippen LogP contribution is -2.19. The molecule has 0 unspecified atom stereocenters. The van der Waals surface area contributed by atoms with E-state index in [1.165, 1.54) is 6.33 Å². The van der Waals surface area contributed by atoms with Crippen molar-refractivity contribution in [3.05, 3.63) is 66.8 Å². The van der Waals surface area contributed by atoms with Gasteiger partial charge in [-0.15, -0.1) is 0 Å². The van der Waals surface area contributed by atoms with Crippen LogP contribution in [0.2, 0.25) is 0 Å². The molecule has 4 aromatic heterocycles. The van der Waals surface area contributed by atoms with Crippen molar-refractivity contribution >= 4 is 23.2 Å². The number of carbonyl (C=O) groups is 1. The van der Waals surface area contributed by atoms with Gasteiger partial charge in [0.15, 0.2) is 11.5 Å². The first-order valence-electron chi connectivity index (χ1n) is 8.72. The minimum Gasteiger partial charge on any atom is -0.336 e. The van der Waals surface area contributed by atoms with Crippen molar-refractivity contribution in [2.45, 2.75) is 6.92 Å². The van der Waals surface area contributed by atoms with Crippen LogP contribution in [0.5, 0.6) is 0 Å². The number of anilines is 3. The van der Waals surface area contributed by atoms with Crippen LogP contribution in [0, 0.1) is 6.92 Å². The second kappa shape index (κ2) is 7.80. The Labute approximate surface area is 166 Å². The molecular weight excluding hydrogens is 370 g/mol. The Morgan fingerprint density at radius 3 is 2.66 bits per heavy atom. The van der Waals surface area contributed by atoms with Gasteiger partial charge in [-0.2, -0.15) is 5.10 Å². The lowest BCUT2D eigenvalue weighted by atomic mass is 10.3. The van der Waals surface area contributed by atoms with E-state index >= 15 is 0 Å². The smallest absolute Gasteiger partial charge is 0.279 e. The molecule has 0 saturated heterocycles. The maximum absolute atomic E-state index is 12.9. The number of hydrogen-bond donors (Lipinski definition) is 2. The van der Waals surface area contributed by atoms with Crippen LogP contribution < -0.4 is 10.6 Å². The zero-order valence-corrected chi connectivity index (χ0v) is 15.7. The van der Waals surface area contributed by atoms with Gasteiger partial charge in [0, 0.05) is 19.3 Å². The molecule has 0 spiro atoms. The standard InChI is InChI=1S/C19H17N9O/c1-12-8-23-18(25-13-9-20-11-21-10-13)17(24-12)19(29)26-16-7-15(27-28(16)2)14-5-3-4-6-22-14/h3-11H,1-2H3,(H,23,25)(H,26,29). The van der Waals surface area contributed by atoms with E-state index in [1.54, 1.807) is 49.5 Å². The molecule has 4 heterocycles. The van der Waals surface area contributed by atoms with Crippen LogP contribution in [0.3, 0.4) is 0 Å². The molecule has 0 aliphatic heterocycles. The van der Waals surface area contributed by atoms with Gasteiger partial charge in [0.25, 0.3) is 5.91 Å². The predicted octanol–water partition coefficient (Wildman–Crippen LogP) is 2.37. The number of pyridine rings is 1. The molecule has 2 N–H and O–H groups in total. The van der Waals surface area contributed by atoms with Crippen LogP contribution in [0.25, 0.3) is 11.4 Å². The Hall–Kier alpha value is -4.21. The van der Waals surface area contributed by atoms with E-state index < -0.39 is 5.91 Å². The Morgan fingerprint density at radius 2 is 1.90 bits per heavy atom. The third-order valence-electron chi connectivity index (χ3n) is 3.98. The maximum atomic E-state index is 12.9. The van der Waals surface area contributed by atoms with Crippen molar-refractivity contribution in [2.75, 3.05) is 10.6 Å². The van der Waals surface area contributed by atoms with Crippen molar-refractivity contribution < 1.29 is 4.79 Å². The van der Waals surface area contributed by atoms with Crippen LogP contribution in [0.15, 0.2) is 55.4 Å². The fourth-order valence-corrected chi connectivity index (χ4v) is 2.63. The molecule has 0 bridgehead atoms. The topological polar surface area (TPSA) is 123 Å². The first-order chi connectivity index (χ1) is 14.1. The first-order valence-corrected chi connectivity index (χ1v) is 8.72. The van der Waals surface area contributed by atoms with E-state index in [1.807, 2.05) is 18.2 Å². The first kappa shape index (κ1) is 18.2. The highest BCUT2D eigenvalue weighted by Gasteiger charge is 2.18. The molecular formula is C19H17N9O. The highest BCUT2D eigenvalue weighted by atomic mass is 16.2. The summed E-state index contributed by atoms with van der Waals surface area (Å²) < 4.78 is 1.57. The molecule has 10 nitrogen and oxygen atoms in total. The summed E-state index contributed by atoms with van der Waals surface area (Å²) in [4.78, 5) is 33.7. The van der Waals surface area contributed by atoms with Gasteiger partial charge in [0.05, 0.1) is 35.7 Å². The molecule has 10 heteroatoms. The monoisotopic (exact) mass is 387 g/mol. The Balaban J connectivity index is 1.61. The summed E-state index contributed by atoms with van der Waals surface area (Å²) in [5.41, 5.74) is 2.72. The van der Waals surface area contributed by atoms with Gasteiger partial charge in [-0.05, 0) is 19.1 Å². The molecule has 0 fully saturated rings. The number of amides is 1. The van der Waals surface area contributed by atoms with E-state index in [0.29, 0.717) is 34.4 Å². The van der Waals surface area contributed by atoms with Crippen molar-refractivity contribution in [3.8, 4) is 11.4 Å². The molecule has 0 aliphatic rings. The average Bonchev–Trinajstić information content (AvgIpc) is 3.11. The summed E-state index contributed by atoms with van der Waals surface area (Å²) in [5, 5.41) is 10.3. The van der Waals surface area contributed by atoms with Crippen molar-refractivity contribution in [1.29, 1.82) is 0 Å². The Kier molecular flexibility index (Phi) is 4.89. The zero-order chi connectivity index (χ0) is 20.2. The fourth-order valence-electron chi connectivity index (χ4n) is 2.63. The number of nitrogens with zero attached hydrogens (tertiary/aromatic N) is 7. The van der Waals surface area contributed by atoms with E-state index in [0.717, 1.165) is 0 Å². The molecule has 4 aromatic rings. The van der Waals surface area contributed by atoms with Crippen LogP contribution >= 0.6 is 0 Å². The van der Waals surface area contributed by atoms with Gasteiger partial charge >= 0.3 is 0 Å². The summed E-state index contributed by atoms with van der Waals surface area (Å²) >= 11 is 0. The summed E-state index contributed by atoms with van der Waals surface area (Å²) in [6.07, 6.45) is 7.84. The van der Waals surface area contributed by atoms with Gasteiger partial charge in [-0.1, -0.05) is 6.07 Å². The second-order valence-corrected chi connectivity index (χ2v) is 6.17.